The first-order chi connectivity index (χ1) is 19.0. The van der Waals surface area contributed by atoms with Crippen LogP contribution in [-0.4, -0.2) is 16.0 Å². The van der Waals surface area contributed by atoms with Gasteiger partial charge in [-0.1, -0.05) is 84.9 Å². The molecular weight excluding hydrogens is 565 g/mol. The number of hydrogen-bond acceptors (Lipinski definition) is 2. The summed E-state index contributed by atoms with van der Waals surface area (Å²) < 4.78 is 2.19. The van der Waals surface area contributed by atoms with Crippen molar-refractivity contribution in [1.82, 2.24) is 4.57 Å². The predicted octanol–water partition coefficient (Wildman–Crippen LogP) is 10.1. The van der Waals surface area contributed by atoms with Crippen LogP contribution in [0.5, 0.6) is 0 Å². The van der Waals surface area contributed by atoms with Crippen LogP contribution in [0, 0.1) is 0 Å². The first-order valence-corrected chi connectivity index (χ1v) is 15.6. The second-order valence-corrected chi connectivity index (χ2v) is 11.1. The van der Waals surface area contributed by atoms with Crippen LogP contribution in [0.4, 0.5) is 11.4 Å². The number of halogens is 2. The first kappa shape index (κ1) is 27.2. The molecule has 6 heteroatoms. The zero-order chi connectivity index (χ0) is 27.4. The Bertz CT molecular complexity index is 1790. The Hall–Kier alpha value is -3.40. The van der Waals surface area contributed by atoms with Crippen LogP contribution in [0.25, 0.3) is 32.3 Å². The van der Waals surface area contributed by atoms with Gasteiger partial charge in [0.1, 0.15) is 0 Å². The molecule has 6 rings (SSSR count). The molecule has 1 heterocycles. The molecule has 0 aliphatic carbocycles. The molecule has 0 amide bonds. The van der Waals surface area contributed by atoms with E-state index < -0.39 is 0 Å². The number of rotatable bonds is 4. The molecule has 0 atom stereocenters. The van der Waals surface area contributed by atoms with E-state index in [4.69, 9.17) is 30.2 Å². The zero-order valence-corrected chi connectivity index (χ0v) is 24.5. The quantitative estimate of drug-likeness (QED) is 0.111. The van der Waals surface area contributed by atoms with Gasteiger partial charge in [0.25, 0.3) is 0 Å². The van der Waals surface area contributed by atoms with Gasteiger partial charge in [-0.05, 0) is 54.3 Å². The second-order valence-electron chi connectivity index (χ2n) is 9.27. The van der Waals surface area contributed by atoms with Gasteiger partial charge in [-0.2, -0.15) is 0 Å². The predicted molar refractivity (Wildman–Crippen MR) is 166 cm³/mol. The van der Waals surface area contributed by atoms with Crippen LogP contribution in [0.2, 0.25) is 0 Å². The normalized spacial score (nSPS) is 12.2. The van der Waals surface area contributed by atoms with Crippen molar-refractivity contribution < 1.29 is 13.1 Å². The molecule has 0 unspecified atom stereocenters. The van der Waals surface area contributed by atoms with Crippen molar-refractivity contribution in [3.63, 3.8) is 0 Å². The molecule has 0 spiro atoms. The standard InChI is InChI=1S/C33H27N3.2ClH.Fe/c1-22(34-30-18-10-14-24-11-4-7-15-27(24)30)31-19-20-32(36(31)3)23(2)35-33-28-16-8-5-12-25(28)21-26-13-6-9-17-29(26)33;;;/h4-21H,1-3H3;2*1H;/q;;;+2/p-2. The minimum absolute atomic E-state index is 0.194. The van der Waals surface area contributed by atoms with E-state index in [1.807, 2.05) is 0 Å². The minimum atomic E-state index is 0.194. The summed E-state index contributed by atoms with van der Waals surface area (Å²) >= 11 is 0.194. The molecule has 5 aromatic carbocycles. The Kier molecular flexibility index (Phi) is 8.50. The number of hydrogen-bond donors (Lipinski definition) is 0. The fourth-order valence-electron chi connectivity index (χ4n) is 5.12. The summed E-state index contributed by atoms with van der Waals surface area (Å²) in [7, 11) is 11.6. The molecular formula is C33H27Cl2FeN3. The second kappa shape index (κ2) is 12.2. The van der Waals surface area contributed by atoms with E-state index in [2.05, 4.69) is 135 Å². The molecule has 1 aromatic heterocycles. The number of aromatic nitrogens is 1. The third-order valence-electron chi connectivity index (χ3n) is 6.94. The zero-order valence-electron chi connectivity index (χ0n) is 21.8. The maximum atomic E-state index is 5.20. The third kappa shape index (κ3) is 5.66. The van der Waals surface area contributed by atoms with E-state index in [1.165, 1.54) is 26.9 Å². The van der Waals surface area contributed by atoms with Crippen molar-refractivity contribution in [1.29, 1.82) is 0 Å². The summed E-state index contributed by atoms with van der Waals surface area (Å²) in [5.41, 5.74) is 6.11. The average molecular weight is 592 g/mol. The van der Waals surface area contributed by atoms with Crippen LogP contribution in [0.3, 0.4) is 0 Å². The van der Waals surface area contributed by atoms with E-state index >= 15 is 0 Å². The van der Waals surface area contributed by atoms with Gasteiger partial charge in [-0.3, -0.25) is 9.98 Å². The summed E-state index contributed by atoms with van der Waals surface area (Å²) in [6, 6.07) is 38.1. The van der Waals surface area contributed by atoms with E-state index in [0.29, 0.717) is 0 Å². The summed E-state index contributed by atoms with van der Waals surface area (Å²) in [4.78, 5) is 10.2. The fourth-order valence-corrected chi connectivity index (χ4v) is 5.12. The summed E-state index contributed by atoms with van der Waals surface area (Å²) in [5, 5.41) is 7.10. The number of benzene rings is 5. The van der Waals surface area contributed by atoms with Crippen molar-refractivity contribution in [2.24, 2.45) is 17.0 Å². The molecule has 3 nitrogen and oxygen atoms in total. The van der Waals surface area contributed by atoms with Gasteiger partial charge in [0.2, 0.25) is 0 Å². The van der Waals surface area contributed by atoms with Gasteiger partial charge < -0.3 is 4.57 Å². The van der Waals surface area contributed by atoms with Crippen molar-refractivity contribution in [2.45, 2.75) is 13.8 Å². The fraction of sp³-hybridized carbons (Fsp3) is 0.0909. The molecule has 39 heavy (non-hydrogen) atoms. The Morgan fingerprint density at radius 1 is 0.590 bits per heavy atom. The van der Waals surface area contributed by atoms with Gasteiger partial charge in [0.05, 0.1) is 34.2 Å². The summed E-state index contributed by atoms with van der Waals surface area (Å²) in [6.07, 6.45) is 0. The van der Waals surface area contributed by atoms with Gasteiger partial charge >= 0.3 is 33.3 Å². The molecule has 0 bridgehead atoms. The van der Waals surface area contributed by atoms with Gasteiger partial charge in [0.15, 0.2) is 0 Å². The van der Waals surface area contributed by atoms with Gasteiger partial charge in [-0.15, -0.1) is 0 Å². The van der Waals surface area contributed by atoms with E-state index in [-0.39, 0.29) is 13.1 Å². The SMILES string of the molecule is CC(=Nc1cccc2ccccc12)c1ccc(C(C)=Nc2c3ccccc3cc3ccccc23)n1C.[Cl][Fe][Cl]. The molecule has 0 aliphatic rings. The molecule has 196 valence electrons. The molecule has 0 saturated carbocycles. The molecule has 0 radical (unpaired) electrons. The summed E-state index contributed by atoms with van der Waals surface area (Å²) in [6.45, 7) is 4.17. The van der Waals surface area contributed by atoms with Gasteiger partial charge in [-0.25, -0.2) is 0 Å². The molecule has 0 N–H and O–H groups in total. The molecule has 0 fully saturated rings. The summed E-state index contributed by atoms with van der Waals surface area (Å²) in [5.74, 6) is 0. The number of nitrogens with zero attached hydrogens (tertiary/aromatic N) is 3. The van der Waals surface area contributed by atoms with E-state index in [0.717, 1.165) is 39.6 Å². The van der Waals surface area contributed by atoms with Crippen LogP contribution >= 0.6 is 20.2 Å². The van der Waals surface area contributed by atoms with Crippen LogP contribution in [0.1, 0.15) is 25.2 Å². The third-order valence-corrected chi connectivity index (χ3v) is 6.94. The van der Waals surface area contributed by atoms with Gasteiger partial charge in [0, 0.05) is 23.2 Å². The van der Waals surface area contributed by atoms with Crippen LogP contribution < -0.4 is 0 Å². The Balaban J connectivity index is 0.000000983. The Labute approximate surface area is 243 Å². The Morgan fingerprint density at radius 3 is 1.64 bits per heavy atom. The van der Waals surface area contributed by atoms with Crippen molar-refractivity contribution in [3.8, 4) is 0 Å². The van der Waals surface area contributed by atoms with Crippen molar-refractivity contribution in [2.75, 3.05) is 0 Å². The van der Waals surface area contributed by atoms with Crippen LogP contribution in [0.15, 0.2) is 119 Å². The van der Waals surface area contributed by atoms with E-state index in [1.54, 1.807) is 0 Å². The van der Waals surface area contributed by atoms with E-state index in [9.17, 15) is 0 Å². The first-order valence-electron chi connectivity index (χ1n) is 12.5. The van der Waals surface area contributed by atoms with Crippen LogP contribution in [-0.2, 0) is 20.2 Å². The maximum absolute atomic E-state index is 5.20. The number of fused-ring (bicyclic) bond motifs is 3. The average Bonchev–Trinajstić information content (AvgIpc) is 3.35. The molecule has 0 saturated heterocycles. The van der Waals surface area contributed by atoms with Crippen molar-refractivity contribution >= 4 is 75.3 Å². The monoisotopic (exact) mass is 591 g/mol. The molecule has 6 aromatic rings. The topological polar surface area (TPSA) is 29.6 Å². The van der Waals surface area contributed by atoms with Crippen molar-refractivity contribution in [3.05, 3.63) is 121 Å². The number of aliphatic imine (C=N–C) groups is 2. The molecule has 0 aliphatic heterocycles. The Morgan fingerprint density at radius 2 is 1.05 bits per heavy atom.